The Hall–Kier alpha value is 2.03. The summed E-state index contributed by atoms with van der Waals surface area (Å²) in [5.74, 6) is 0. The average molecular weight is 215 g/mol. The van der Waals surface area contributed by atoms with Crippen molar-refractivity contribution in [1.29, 1.82) is 0 Å². The summed E-state index contributed by atoms with van der Waals surface area (Å²) in [7, 11) is -3.75. The van der Waals surface area contributed by atoms with Gasteiger partial charge in [0.25, 0.3) is 10.1 Å². The van der Waals surface area contributed by atoms with Gasteiger partial charge in [0.15, 0.2) is 0 Å². The molecule has 0 atom stereocenters. The van der Waals surface area contributed by atoms with Crippen molar-refractivity contribution in [2.24, 2.45) is 0 Å². The molecule has 40 valence electrons. The van der Waals surface area contributed by atoms with Gasteiger partial charge in [0.2, 0.25) is 0 Å². The van der Waals surface area contributed by atoms with Crippen LogP contribution >= 0.6 is 15.9 Å². The second-order valence-electron chi connectivity index (χ2n) is 0.691. The Morgan fingerprint density at radius 2 is 1.71 bits per heavy atom. The Morgan fingerprint density at radius 1 is 1.57 bits per heavy atom. The van der Waals surface area contributed by atoms with Gasteiger partial charge in [0.05, 0.1) is 0 Å². The molecule has 7 heavy (non-hydrogen) atoms. The van der Waals surface area contributed by atoms with Crippen molar-refractivity contribution in [2.75, 3.05) is 4.66 Å². The topological polar surface area (TPSA) is 54.4 Å². The monoisotopic (exact) mass is 214 g/mol. The number of rotatable bonds is 1. The van der Waals surface area contributed by atoms with Crippen LogP contribution in [0.5, 0.6) is 0 Å². The van der Waals surface area contributed by atoms with E-state index in [4.69, 9.17) is 4.55 Å². The molecule has 0 aliphatic rings. The molecule has 0 aromatic rings. The van der Waals surface area contributed by atoms with E-state index in [1.54, 1.807) is 0 Å². The molecule has 0 spiro atoms. The van der Waals surface area contributed by atoms with E-state index in [0.29, 0.717) is 0 Å². The van der Waals surface area contributed by atoms with E-state index in [1.807, 2.05) is 0 Å². The van der Waals surface area contributed by atoms with Crippen LogP contribution in [0, 0.1) is 0 Å². The zero-order chi connectivity index (χ0) is 5.21. The second-order valence-corrected chi connectivity index (χ2v) is 3.45. The Labute approximate surface area is 93.2 Å². The Balaban J connectivity index is 0. The van der Waals surface area contributed by atoms with Gasteiger partial charge in [-0.25, -0.2) is 0 Å². The molecular formula is CH4BrKO3S. The van der Waals surface area contributed by atoms with Crippen LogP contribution in [0.1, 0.15) is 0 Å². The van der Waals surface area contributed by atoms with Crippen LogP contribution < -0.4 is 0 Å². The summed E-state index contributed by atoms with van der Waals surface area (Å²) >= 11 is 2.53. The van der Waals surface area contributed by atoms with Gasteiger partial charge in [0.1, 0.15) is 4.66 Å². The third-order valence-corrected chi connectivity index (χ3v) is 2.15. The van der Waals surface area contributed by atoms with Gasteiger partial charge in [-0.05, 0) is 0 Å². The fourth-order valence-electron chi connectivity index (χ4n) is 0. The second kappa shape index (κ2) is 4.86. The Bertz CT molecular complexity index is 117. The van der Waals surface area contributed by atoms with Crippen LogP contribution in [0.25, 0.3) is 0 Å². The number of hydrogen-bond donors (Lipinski definition) is 1. The first-order valence-corrected chi connectivity index (χ1v) is 3.80. The Kier molecular flexibility index (Phi) is 8.18. The summed E-state index contributed by atoms with van der Waals surface area (Å²) in [6.45, 7) is 0. The summed E-state index contributed by atoms with van der Waals surface area (Å²) in [6, 6.07) is 0. The zero-order valence-electron chi connectivity index (χ0n) is 2.76. The van der Waals surface area contributed by atoms with Crippen molar-refractivity contribution >= 4 is 77.4 Å². The first-order chi connectivity index (χ1) is 2.56. The van der Waals surface area contributed by atoms with Crippen molar-refractivity contribution in [3.63, 3.8) is 0 Å². The molecule has 0 unspecified atom stereocenters. The average Bonchev–Trinajstić information content (AvgIpc) is 1.35. The molecule has 0 saturated carbocycles. The third-order valence-electron chi connectivity index (χ3n) is 0.138. The van der Waals surface area contributed by atoms with Gasteiger partial charge >= 0.3 is 51.4 Å². The molecule has 0 rings (SSSR count). The predicted molar refractivity (Wildman–Crippen MR) is 32.5 cm³/mol. The van der Waals surface area contributed by atoms with Crippen molar-refractivity contribution in [2.45, 2.75) is 0 Å². The minimum absolute atomic E-state index is 0. The van der Waals surface area contributed by atoms with Crippen LogP contribution in [0.4, 0.5) is 0 Å². The van der Waals surface area contributed by atoms with Crippen LogP contribution in [-0.2, 0) is 10.1 Å². The third kappa shape index (κ3) is 11.5. The van der Waals surface area contributed by atoms with Gasteiger partial charge in [-0.1, -0.05) is 15.9 Å². The molecule has 0 fully saturated rings. The summed E-state index contributed by atoms with van der Waals surface area (Å²) in [5, 5.41) is 0. The van der Waals surface area contributed by atoms with Crippen molar-refractivity contribution < 1.29 is 13.0 Å². The molecule has 0 radical (unpaired) electrons. The molecule has 0 heterocycles. The van der Waals surface area contributed by atoms with Crippen LogP contribution in [0.15, 0.2) is 0 Å². The molecule has 0 aromatic carbocycles. The number of alkyl halides is 1. The molecule has 0 aliphatic heterocycles. The van der Waals surface area contributed by atoms with Crippen LogP contribution in [0.3, 0.4) is 0 Å². The SMILES string of the molecule is O=S(=O)(O)CBr.[KH]. The number of halogens is 1. The quantitative estimate of drug-likeness (QED) is 0.367. The van der Waals surface area contributed by atoms with Gasteiger partial charge in [0, 0.05) is 0 Å². The van der Waals surface area contributed by atoms with Crippen LogP contribution in [0.2, 0.25) is 0 Å². The zero-order valence-corrected chi connectivity index (χ0v) is 5.16. The standard InChI is InChI=1S/CH3BrO3S.K.H/c2-1-6(3,4)5;;/h1H2,(H,3,4,5);;. The summed E-state index contributed by atoms with van der Waals surface area (Å²) in [5.41, 5.74) is 0. The van der Waals surface area contributed by atoms with Gasteiger partial charge in [-0.2, -0.15) is 8.42 Å². The predicted octanol–water partition coefficient (Wildman–Crippen LogP) is -0.422. The van der Waals surface area contributed by atoms with Crippen LogP contribution in [-0.4, -0.2) is 69.0 Å². The van der Waals surface area contributed by atoms with E-state index in [-0.39, 0.29) is 56.0 Å². The first-order valence-electron chi connectivity index (χ1n) is 1.07. The minimum atomic E-state index is -3.75. The fraction of sp³-hybridized carbons (Fsp3) is 1.00. The Morgan fingerprint density at radius 3 is 1.71 bits per heavy atom. The molecule has 3 nitrogen and oxygen atoms in total. The van der Waals surface area contributed by atoms with Crippen molar-refractivity contribution in [3.05, 3.63) is 0 Å². The van der Waals surface area contributed by atoms with E-state index in [0.717, 1.165) is 0 Å². The van der Waals surface area contributed by atoms with E-state index < -0.39 is 10.1 Å². The molecule has 1 N–H and O–H groups in total. The van der Waals surface area contributed by atoms with Gasteiger partial charge in [-0.3, -0.25) is 4.55 Å². The van der Waals surface area contributed by atoms with E-state index >= 15 is 0 Å². The normalized spacial score (nSPS) is 10.0. The molecule has 0 bridgehead atoms. The van der Waals surface area contributed by atoms with Gasteiger partial charge in [-0.15, -0.1) is 0 Å². The van der Waals surface area contributed by atoms with E-state index in [9.17, 15) is 8.42 Å². The summed E-state index contributed by atoms with van der Waals surface area (Å²) < 4.78 is 26.4. The molecule has 0 aliphatic carbocycles. The summed E-state index contributed by atoms with van der Waals surface area (Å²) in [6.07, 6.45) is 0. The van der Waals surface area contributed by atoms with Crippen molar-refractivity contribution in [3.8, 4) is 0 Å². The first kappa shape index (κ1) is 11.8. The summed E-state index contributed by atoms with van der Waals surface area (Å²) in [4.78, 5) is 0. The molecular weight excluding hydrogens is 211 g/mol. The maximum atomic E-state index is 9.51. The maximum absolute atomic E-state index is 9.51. The molecule has 6 heteroatoms. The fourth-order valence-corrected chi connectivity index (χ4v) is 0. The molecule has 0 saturated heterocycles. The molecule has 0 amide bonds. The van der Waals surface area contributed by atoms with Crippen molar-refractivity contribution in [1.82, 2.24) is 0 Å². The van der Waals surface area contributed by atoms with E-state index in [1.165, 1.54) is 0 Å². The van der Waals surface area contributed by atoms with E-state index in [2.05, 4.69) is 15.9 Å². The van der Waals surface area contributed by atoms with Gasteiger partial charge < -0.3 is 0 Å². The number of hydrogen-bond acceptors (Lipinski definition) is 2. The molecule has 0 aromatic heterocycles.